The van der Waals surface area contributed by atoms with Gasteiger partial charge in [0.25, 0.3) is 0 Å². The maximum atomic E-state index is 5.45. The number of aromatic nitrogens is 1. The van der Waals surface area contributed by atoms with E-state index in [0.717, 1.165) is 22.6 Å². The van der Waals surface area contributed by atoms with Crippen LogP contribution in [-0.4, -0.2) is 46.2 Å². The Kier molecular flexibility index (Phi) is 6.56. The minimum absolute atomic E-state index is 0.508. The smallest absolute Gasteiger partial charge is 0.203 e. The number of oxime groups is 1. The molecule has 0 bridgehead atoms. The summed E-state index contributed by atoms with van der Waals surface area (Å²) < 4.78 is 21.5. The van der Waals surface area contributed by atoms with E-state index >= 15 is 0 Å². The summed E-state index contributed by atoms with van der Waals surface area (Å²) in [4.78, 5) is 9.83. The van der Waals surface area contributed by atoms with Crippen LogP contribution in [0.3, 0.4) is 0 Å². The van der Waals surface area contributed by atoms with Gasteiger partial charge in [-0.15, -0.1) is 11.3 Å². The topological polar surface area (TPSA) is 71.4 Å². The molecule has 1 aromatic heterocycles. The van der Waals surface area contributed by atoms with Crippen LogP contribution in [0.5, 0.6) is 23.0 Å². The average Bonchev–Trinajstić information content (AvgIpc) is 3.26. The molecular weight excluding hydrogens is 392 g/mol. The molecule has 0 fully saturated rings. The van der Waals surface area contributed by atoms with Crippen molar-refractivity contribution in [1.29, 1.82) is 0 Å². The van der Waals surface area contributed by atoms with Crippen molar-refractivity contribution in [2.45, 2.75) is 0 Å². The standard InChI is InChI=1S/C21H22N2O5S/c1-24-15-8-6-13(7-9-15)16-12-29-21(22-16)19(23-28-5)14-10-17(25-2)20(27-4)18(11-14)26-3/h6-12H,1-5H3/b23-19-. The molecule has 0 spiro atoms. The lowest BCUT2D eigenvalue weighted by atomic mass is 10.1. The van der Waals surface area contributed by atoms with Gasteiger partial charge in [-0.3, -0.25) is 0 Å². The summed E-state index contributed by atoms with van der Waals surface area (Å²) in [5.41, 5.74) is 3.12. The Bertz CT molecular complexity index is 974. The van der Waals surface area contributed by atoms with Gasteiger partial charge >= 0.3 is 0 Å². The van der Waals surface area contributed by atoms with E-state index in [0.29, 0.717) is 28.0 Å². The summed E-state index contributed by atoms with van der Waals surface area (Å²) in [7, 11) is 7.84. The van der Waals surface area contributed by atoms with Crippen LogP contribution in [0.2, 0.25) is 0 Å². The van der Waals surface area contributed by atoms with Gasteiger partial charge in [0.2, 0.25) is 5.75 Å². The van der Waals surface area contributed by atoms with Crippen LogP contribution in [0.25, 0.3) is 11.3 Å². The van der Waals surface area contributed by atoms with E-state index in [4.69, 9.17) is 28.8 Å². The Morgan fingerprint density at radius 3 is 2.03 bits per heavy atom. The fourth-order valence-corrected chi connectivity index (χ4v) is 3.63. The Morgan fingerprint density at radius 2 is 1.52 bits per heavy atom. The number of thiazole rings is 1. The van der Waals surface area contributed by atoms with E-state index in [9.17, 15) is 0 Å². The predicted molar refractivity (Wildman–Crippen MR) is 113 cm³/mol. The lowest BCUT2D eigenvalue weighted by Gasteiger charge is -2.14. The Labute approximate surface area is 173 Å². The van der Waals surface area contributed by atoms with Gasteiger partial charge in [-0.25, -0.2) is 4.98 Å². The molecule has 0 amide bonds. The highest BCUT2D eigenvalue weighted by molar-refractivity contribution is 7.12. The quantitative estimate of drug-likeness (QED) is 0.405. The molecule has 29 heavy (non-hydrogen) atoms. The molecular formula is C21H22N2O5S. The fourth-order valence-electron chi connectivity index (χ4n) is 2.80. The van der Waals surface area contributed by atoms with Crippen LogP contribution in [0, 0.1) is 0 Å². The highest BCUT2D eigenvalue weighted by atomic mass is 32.1. The first kappa shape index (κ1) is 20.5. The van der Waals surface area contributed by atoms with Crippen molar-refractivity contribution >= 4 is 17.0 Å². The van der Waals surface area contributed by atoms with Gasteiger partial charge in [0.1, 0.15) is 23.6 Å². The van der Waals surface area contributed by atoms with Crippen LogP contribution < -0.4 is 18.9 Å². The Morgan fingerprint density at radius 1 is 0.862 bits per heavy atom. The van der Waals surface area contributed by atoms with Crippen molar-refractivity contribution in [3.05, 3.63) is 52.3 Å². The van der Waals surface area contributed by atoms with Crippen LogP contribution in [0.4, 0.5) is 0 Å². The number of benzene rings is 2. The first-order valence-corrected chi connectivity index (χ1v) is 9.55. The molecule has 0 aliphatic rings. The summed E-state index contributed by atoms with van der Waals surface area (Å²) in [5, 5.41) is 6.87. The van der Waals surface area contributed by atoms with Gasteiger partial charge in [-0.05, 0) is 36.4 Å². The molecule has 3 rings (SSSR count). The molecule has 7 nitrogen and oxygen atoms in total. The van der Waals surface area contributed by atoms with Crippen molar-refractivity contribution in [3.63, 3.8) is 0 Å². The average molecular weight is 414 g/mol. The van der Waals surface area contributed by atoms with E-state index in [1.165, 1.54) is 18.4 Å². The number of nitrogens with zero attached hydrogens (tertiary/aromatic N) is 2. The molecule has 3 aromatic rings. The van der Waals surface area contributed by atoms with Crippen LogP contribution >= 0.6 is 11.3 Å². The first-order valence-electron chi connectivity index (χ1n) is 8.67. The van der Waals surface area contributed by atoms with E-state index < -0.39 is 0 Å². The largest absolute Gasteiger partial charge is 0.497 e. The molecule has 0 atom stereocenters. The second-order valence-electron chi connectivity index (χ2n) is 5.80. The van der Waals surface area contributed by atoms with Gasteiger partial charge in [0, 0.05) is 16.5 Å². The van der Waals surface area contributed by atoms with Gasteiger partial charge < -0.3 is 23.8 Å². The first-order chi connectivity index (χ1) is 14.1. The maximum Gasteiger partial charge on any atom is 0.203 e. The fraction of sp³-hybridized carbons (Fsp3) is 0.238. The van der Waals surface area contributed by atoms with Gasteiger partial charge in [-0.2, -0.15) is 0 Å². The zero-order valence-electron chi connectivity index (χ0n) is 16.9. The number of methoxy groups -OCH3 is 4. The molecule has 152 valence electrons. The third-order valence-electron chi connectivity index (χ3n) is 4.21. The third kappa shape index (κ3) is 4.27. The number of hydrogen-bond donors (Lipinski definition) is 0. The normalized spacial score (nSPS) is 11.1. The van der Waals surface area contributed by atoms with Gasteiger partial charge in [0.15, 0.2) is 11.5 Å². The van der Waals surface area contributed by atoms with E-state index in [2.05, 4.69) is 5.16 Å². The van der Waals surface area contributed by atoms with Crippen molar-refractivity contribution in [1.82, 2.24) is 4.98 Å². The zero-order chi connectivity index (χ0) is 20.8. The zero-order valence-corrected chi connectivity index (χ0v) is 17.7. The minimum Gasteiger partial charge on any atom is -0.497 e. The van der Waals surface area contributed by atoms with E-state index in [1.54, 1.807) is 28.4 Å². The summed E-state index contributed by atoms with van der Waals surface area (Å²) in [5.74, 6) is 2.35. The summed E-state index contributed by atoms with van der Waals surface area (Å²) >= 11 is 1.47. The minimum atomic E-state index is 0.508. The SMILES string of the molecule is CO/N=C(/c1cc(OC)c(OC)c(OC)c1)c1nc(-c2ccc(OC)cc2)cs1. The molecule has 2 aromatic carbocycles. The predicted octanol–water partition coefficient (Wildman–Crippen LogP) is 4.24. The number of hydrogen-bond acceptors (Lipinski definition) is 8. The molecule has 1 heterocycles. The van der Waals surface area contributed by atoms with Crippen LogP contribution in [0.1, 0.15) is 10.6 Å². The second kappa shape index (κ2) is 9.29. The molecule has 0 radical (unpaired) electrons. The lowest BCUT2D eigenvalue weighted by molar-refractivity contribution is 0.214. The number of ether oxygens (including phenoxy) is 4. The van der Waals surface area contributed by atoms with Crippen molar-refractivity contribution in [3.8, 4) is 34.3 Å². The van der Waals surface area contributed by atoms with Crippen molar-refractivity contribution in [2.75, 3.05) is 35.5 Å². The highest BCUT2D eigenvalue weighted by Gasteiger charge is 2.20. The summed E-state index contributed by atoms with van der Waals surface area (Å²) in [6, 6.07) is 11.4. The van der Waals surface area contributed by atoms with E-state index in [-0.39, 0.29) is 0 Å². The third-order valence-corrected chi connectivity index (χ3v) is 5.06. The summed E-state index contributed by atoms with van der Waals surface area (Å²) in [6.45, 7) is 0. The van der Waals surface area contributed by atoms with Crippen LogP contribution in [0.15, 0.2) is 46.9 Å². The van der Waals surface area contributed by atoms with Crippen molar-refractivity contribution in [2.24, 2.45) is 5.16 Å². The van der Waals surface area contributed by atoms with Crippen LogP contribution in [-0.2, 0) is 4.84 Å². The monoisotopic (exact) mass is 414 g/mol. The van der Waals surface area contributed by atoms with Crippen molar-refractivity contribution < 1.29 is 23.8 Å². The lowest BCUT2D eigenvalue weighted by Crippen LogP contribution is -2.06. The molecule has 0 saturated heterocycles. The van der Waals surface area contributed by atoms with Gasteiger partial charge in [0.05, 0.1) is 34.1 Å². The molecule has 0 N–H and O–H groups in total. The Balaban J connectivity index is 2.03. The molecule has 0 saturated carbocycles. The molecule has 0 unspecified atom stereocenters. The number of rotatable bonds is 8. The molecule has 8 heteroatoms. The maximum absolute atomic E-state index is 5.45. The van der Waals surface area contributed by atoms with E-state index in [1.807, 2.05) is 41.8 Å². The molecule has 0 aliphatic heterocycles. The summed E-state index contributed by atoms with van der Waals surface area (Å²) in [6.07, 6.45) is 0. The highest BCUT2D eigenvalue weighted by Crippen LogP contribution is 2.39. The molecule has 0 aliphatic carbocycles. The van der Waals surface area contributed by atoms with Gasteiger partial charge in [-0.1, -0.05) is 5.16 Å². The second-order valence-corrected chi connectivity index (χ2v) is 6.66. The Hall–Kier alpha value is -3.26.